The summed E-state index contributed by atoms with van der Waals surface area (Å²) in [6, 6.07) is 11.7. The van der Waals surface area contributed by atoms with Gasteiger partial charge in [-0.05, 0) is 56.7 Å². The van der Waals surface area contributed by atoms with Crippen LogP contribution in [0.5, 0.6) is 0 Å². The van der Waals surface area contributed by atoms with Gasteiger partial charge in [0.25, 0.3) is 0 Å². The zero-order chi connectivity index (χ0) is 16.5. The fourth-order valence-corrected chi connectivity index (χ4v) is 4.21. The van der Waals surface area contributed by atoms with E-state index >= 15 is 0 Å². The van der Waals surface area contributed by atoms with Gasteiger partial charge in [0.15, 0.2) is 0 Å². The maximum atomic E-state index is 4.97. The van der Waals surface area contributed by atoms with E-state index in [0.717, 1.165) is 24.7 Å². The van der Waals surface area contributed by atoms with E-state index in [0.29, 0.717) is 12.1 Å². The first-order valence-electron chi connectivity index (χ1n) is 9.24. The first-order valence-corrected chi connectivity index (χ1v) is 9.24. The number of piperidine rings is 1. The van der Waals surface area contributed by atoms with Gasteiger partial charge < -0.3 is 9.80 Å². The molecule has 0 radical (unpaired) electrons. The van der Waals surface area contributed by atoms with Crippen molar-refractivity contribution in [3.63, 3.8) is 0 Å². The fourth-order valence-electron chi connectivity index (χ4n) is 4.21. The summed E-state index contributed by atoms with van der Waals surface area (Å²) in [5.41, 5.74) is 2.65. The average molecular weight is 322 g/mol. The second-order valence-electron chi connectivity index (χ2n) is 7.02. The van der Waals surface area contributed by atoms with Crippen molar-refractivity contribution in [2.45, 2.75) is 58.0 Å². The third-order valence-corrected chi connectivity index (χ3v) is 5.44. The SMILES string of the molecule is CCC1CCCCN1c1ccnc(N2c3ccccc3CC2C)n1. The van der Waals surface area contributed by atoms with E-state index in [1.807, 2.05) is 6.20 Å². The van der Waals surface area contributed by atoms with Crippen molar-refractivity contribution in [2.75, 3.05) is 16.3 Å². The molecule has 0 amide bonds. The van der Waals surface area contributed by atoms with Gasteiger partial charge in [-0.25, -0.2) is 4.98 Å². The lowest BCUT2D eigenvalue weighted by Crippen LogP contribution is -2.40. The van der Waals surface area contributed by atoms with Crippen LogP contribution in [-0.2, 0) is 6.42 Å². The van der Waals surface area contributed by atoms with Crippen LogP contribution in [-0.4, -0.2) is 28.6 Å². The van der Waals surface area contributed by atoms with Crippen molar-refractivity contribution in [3.05, 3.63) is 42.1 Å². The molecule has 2 atom stereocenters. The molecular weight excluding hydrogens is 296 g/mol. The van der Waals surface area contributed by atoms with Crippen LogP contribution in [0.25, 0.3) is 0 Å². The summed E-state index contributed by atoms with van der Waals surface area (Å²) in [6.07, 6.45) is 8.04. The van der Waals surface area contributed by atoms with Gasteiger partial charge in [-0.1, -0.05) is 25.1 Å². The van der Waals surface area contributed by atoms with Crippen molar-refractivity contribution < 1.29 is 0 Å². The quantitative estimate of drug-likeness (QED) is 0.842. The van der Waals surface area contributed by atoms with Gasteiger partial charge in [0.2, 0.25) is 5.95 Å². The Labute approximate surface area is 144 Å². The van der Waals surface area contributed by atoms with Crippen molar-refractivity contribution in [3.8, 4) is 0 Å². The summed E-state index contributed by atoms with van der Waals surface area (Å²) < 4.78 is 0. The third kappa shape index (κ3) is 2.64. The lowest BCUT2D eigenvalue weighted by atomic mass is 10.0. The Morgan fingerprint density at radius 3 is 2.92 bits per heavy atom. The summed E-state index contributed by atoms with van der Waals surface area (Å²) in [6.45, 7) is 5.65. The average Bonchev–Trinajstić information content (AvgIpc) is 2.97. The van der Waals surface area contributed by atoms with Crippen LogP contribution >= 0.6 is 0 Å². The molecule has 0 aliphatic carbocycles. The maximum absolute atomic E-state index is 4.97. The number of hydrogen-bond acceptors (Lipinski definition) is 4. The highest BCUT2D eigenvalue weighted by molar-refractivity contribution is 5.67. The van der Waals surface area contributed by atoms with Crippen LogP contribution in [0.15, 0.2) is 36.5 Å². The molecule has 1 aromatic carbocycles. The van der Waals surface area contributed by atoms with Crippen LogP contribution in [0, 0.1) is 0 Å². The number of nitrogens with zero attached hydrogens (tertiary/aromatic N) is 4. The Morgan fingerprint density at radius 1 is 1.17 bits per heavy atom. The monoisotopic (exact) mass is 322 g/mol. The van der Waals surface area contributed by atoms with E-state index < -0.39 is 0 Å². The van der Waals surface area contributed by atoms with Crippen molar-refractivity contribution in [1.82, 2.24) is 9.97 Å². The molecule has 24 heavy (non-hydrogen) atoms. The van der Waals surface area contributed by atoms with Crippen LogP contribution in [0.4, 0.5) is 17.5 Å². The van der Waals surface area contributed by atoms with E-state index in [1.54, 1.807) is 0 Å². The minimum absolute atomic E-state index is 0.404. The van der Waals surface area contributed by atoms with Crippen molar-refractivity contribution in [1.29, 1.82) is 0 Å². The Bertz CT molecular complexity index is 714. The van der Waals surface area contributed by atoms with E-state index in [2.05, 4.69) is 59.0 Å². The minimum atomic E-state index is 0.404. The molecule has 126 valence electrons. The Morgan fingerprint density at radius 2 is 2.04 bits per heavy atom. The van der Waals surface area contributed by atoms with Crippen LogP contribution in [0.2, 0.25) is 0 Å². The molecule has 4 nitrogen and oxygen atoms in total. The van der Waals surface area contributed by atoms with Crippen LogP contribution < -0.4 is 9.80 Å². The molecule has 2 unspecified atom stereocenters. The van der Waals surface area contributed by atoms with Gasteiger partial charge in [-0.3, -0.25) is 0 Å². The molecule has 0 spiro atoms. The topological polar surface area (TPSA) is 32.3 Å². The number of para-hydroxylation sites is 1. The molecule has 1 fully saturated rings. The predicted octanol–water partition coefficient (Wildman–Crippen LogP) is 4.33. The minimum Gasteiger partial charge on any atom is -0.353 e. The number of fused-ring (bicyclic) bond motifs is 1. The zero-order valence-corrected chi connectivity index (χ0v) is 14.7. The number of benzene rings is 1. The van der Waals surface area contributed by atoms with Gasteiger partial charge >= 0.3 is 0 Å². The summed E-state index contributed by atoms with van der Waals surface area (Å²) in [5.74, 6) is 1.92. The molecule has 2 aliphatic heterocycles. The highest BCUT2D eigenvalue weighted by Crippen LogP contribution is 2.37. The highest BCUT2D eigenvalue weighted by Gasteiger charge is 2.29. The van der Waals surface area contributed by atoms with E-state index in [1.165, 1.54) is 36.9 Å². The number of rotatable bonds is 3. The second-order valence-corrected chi connectivity index (χ2v) is 7.02. The maximum Gasteiger partial charge on any atom is 0.232 e. The van der Waals surface area contributed by atoms with Crippen molar-refractivity contribution in [2.24, 2.45) is 0 Å². The van der Waals surface area contributed by atoms with Gasteiger partial charge in [-0.2, -0.15) is 4.98 Å². The van der Waals surface area contributed by atoms with Gasteiger partial charge in [0.1, 0.15) is 5.82 Å². The predicted molar refractivity (Wildman–Crippen MR) is 99.1 cm³/mol. The molecule has 2 aromatic rings. The molecule has 1 saturated heterocycles. The third-order valence-electron chi connectivity index (χ3n) is 5.44. The summed E-state index contributed by atoms with van der Waals surface area (Å²) in [7, 11) is 0. The molecule has 0 saturated carbocycles. The van der Waals surface area contributed by atoms with Gasteiger partial charge in [0, 0.05) is 30.5 Å². The first-order chi connectivity index (χ1) is 11.8. The molecule has 0 N–H and O–H groups in total. The fraction of sp³-hybridized carbons (Fsp3) is 0.500. The molecule has 2 aliphatic rings. The summed E-state index contributed by atoms with van der Waals surface area (Å²) in [5, 5.41) is 0. The second kappa shape index (κ2) is 6.42. The molecular formula is C20H26N4. The lowest BCUT2D eigenvalue weighted by molar-refractivity contribution is 0.446. The van der Waals surface area contributed by atoms with Crippen LogP contribution in [0.1, 0.15) is 45.1 Å². The van der Waals surface area contributed by atoms with E-state index in [-0.39, 0.29) is 0 Å². The lowest BCUT2D eigenvalue weighted by Gasteiger charge is -2.36. The molecule has 4 heteroatoms. The number of anilines is 3. The highest BCUT2D eigenvalue weighted by atomic mass is 15.3. The largest absolute Gasteiger partial charge is 0.353 e. The number of aromatic nitrogens is 2. The van der Waals surface area contributed by atoms with E-state index in [4.69, 9.17) is 4.98 Å². The Balaban J connectivity index is 1.68. The molecule has 1 aromatic heterocycles. The van der Waals surface area contributed by atoms with E-state index in [9.17, 15) is 0 Å². The molecule has 4 rings (SSSR count). The van der Waals surface area contributed by atoms with Gasteiger partial charge in [-0.15, -0.1) is 0 Å². The first kappa shape index (κ1) is 15.4. The molecule has 3 heterocycles. The number of hydrogen-bond donors (Lipinski definition) is 0. The summed E-state index contributed by atoms with van der Waals surface area (Å²) in [4.78, 5) is 14.4. The Hall–Kier alpha value is -2.10. The smallest absolute Gasteiger partial charge is 0.232 e. The standard InChI is InChI=1S/C20H26N4/c1-3-17-9-6-7-13-23(17)19-11-12-21-20(22-19)24-15(2)14-16-8-4-5-10-18(16)24/h4-5,8,10-12,15,17H,3,6-7,9,13-14H2,1-2H3. The van der Waals surface area contributed by atoms with Crippen LogP contribution in [0.3, 0.4) is 0 Å². The zero-order valence-electron chi connectivity index (χ0n) is 14.7. The van der Waals surface area contributed by atoms with Crippen molar-refractivity contribution >= 4 is 17.5 Å². The summed E-state index contributed by atoms with van der Waals surface area (Å²) >= 11 is 0. The Kier molecular flexibility index (Phi) is 4.13. The van der Waals surface area contributed by atoms with Gasteiger partial charge in [0.05, 0.1) is 0 Å². The normalized spacial score (nSPS) is 23.4. The molecule has 0 bridgehead atoms.